The van der Waals surface area contributed by atoms with E-state index in [1.54, 1.807) is 17.1 Å². The fraction of sp³-hybridized carbons (Fsp3) is 0.588. The molecule has 0 bridgehead atoms. The Morgan fingerprint density at radius 1 is 1.24 bits per heavy atom. The molecule has 1 heterocycles. The second kappa shape index (κ2) is 7.72. The summed E-state index contributed by atoms with van der Waals surface area (Å²) in [5.41, 5.74) is 3.39. The molecule has 0 aromatic heterocycles. The number of nitrogens with zero attached hydrogens (tertiary/aromatic N) is 1. The zero-order chi connectivity index (χ0) is 17.9. The normalized spacial score (nSPS) is 19.2. The molecule has 1 aliphatic heterocycles. The van der Waals surface area contributed by atoms with Gasteiger partial charge in [-0.05, 0) is 43.9 Å². The zero-order valence-corrected chi connectivity index (χ0v) is 15.3. The Balaban J connectivity index is 1.87. The number of carbonyl (C=O) groups is 1. The molecule has 8 heteroatoms. The quantitative estimate of drug-likeness (QED) is 0.826. The molecule has 1 saturated heterocycles. The van der Waals surface area contributed by atoms with Crippen molar-refractivity contribution in [2.45, 2.75) is 49.5 Å². The highest BCUT2D eigenvalue weighted by Gasteiger charge is 2.27. The van der Waals surface area contributed by atoms with Crippen LogP contribution in [0.15, 0.2) is 23.1 Å². The molecule has 1 aromatic carbocycles. The van der Waals surface area contributed by atoms with E-state index >= 15 is 0 Å². The zero-order valence-electron chi connectivity index (χ0n) is 14.5. The van der Waals surface area contributed by atoms with Crippen molar-refractivity contribution in [1.29, 1.82) is 0 Å². The first-order valence-electron chi connectivity index (χ1n) is 8.77. The fourth-order valence-electron chi connectivity index (χ4n) is 3.36. The smallest absolute Gasteiger partial charge is 0.268 e. The van der Waals surface area contributed by atoms with Gasteiger partial charge in [0.2, 0.25) is 10.0 Å². The third-order valence-corrected chi connectivity index (χ3v) is 6.28. The van der Waals surface area contributed by atoms with Crippen LogP contribution in [0.5, 0.6) is 5.75 Å². The Bertz CT molecular complexity index is 723. The first-order valence-corrected chi connectivity index (χ1v) is 10.3. The van der Waals surface area contributed by atoms with Crippen LogP contribution in [-0.2, 0) is 10.0 Å². The largest absolute Gasteiger partial charge is 0.495 e. The Kier molecular flexibility index (Phi) is 5.61. The van der Waals surface area contributed by atoms with Gasteiger partial charge in [0.15, 0.2) is 0 Å². The van der Waals surface area contributed by atoms with Crippen LogP contribution in [0.4, 0.5) is 0 Å². The molecule has 2 aliphatic rings. The van der Waals surface area contributed by atoms with Gasteiger partial charge in [0.25, 0.3) is 5.91 Å². The van der Waals surface area contributed by atoms with E-state index in [0.717, 1.165) is 45.1 Å². The van der Waals surface area contributed by atoms with Crippen molar-refractivity contribution in [2.24, 2.45) is 0 Å². The van der Waals surface area contributed by atoms with Crippen LogP contribution in [0.3, 0.4) is 0 Å². The van der Waals surface area contributed by atoms with E-state index in [2.05, 4.69) is 10.1 Å². The summed E-state index contributed by atoms with van der Waals surface area (Å²) >= 11 is 0. The molecule has 2 fully saturated rings. The molecule has 1 aromatic rings. The number of benzene rings is 1. The summed E-state index contributed by atoms with van der Waals surface area (Å²) in [6.07, 6.45) is 5.71. The second-order valence-electron chi connectivity index (χ2n) is 6.54. The van der Waals surface area contributed by atoms with E-state index in [9.17, 15) is 13.2 Å². The maximum Gasteiger partial charge on any atom is 0.268 e. The van der Waals surface area contributed by atoms with Gasteiger partial charge in [0.05, 0.1) is 7.11 Å². The maximum absolute atomic E-state index is 12.8. The summed E-state index contributed by atoms with van der Waals surface area (Å²) in [7, 11) is -2.31. The SMILES string of the molecule is COc1ccc(C(=O)N2CCCCN2)cc1S(=O)(=O)NC1CCCC1. The van der Waals surface area contributed by atoms with Crippen LogP contribution in [0.25, 0.3) is 0 Å². The Labute approximate surface area is 148 Å². The summed E-state index contributed by atoms with van der Waals surface area (Å²) < 4.78 is 33.5. The first-order chi connectivity index (χ1) is 12.0. The number of carbonyl (C=O) groups excluding carboxylic acids is 1. The van der Waals surface area contributed by atoms with E-state index in [1.807, 2.05) is 0 Å². The van der Waals surface area contributed by atoms with Crippen LogP contribution in [-0.4, -0.2) is 45.6 Å². The van der Waals surface area contributed by atoms with E-state index in [4.69, 9.17) is 4.74 Å². The van der Waals surface area contributed by atoms with Crippen molar-refractivity contribution in [1.82, 2.24) is 15.2 Å². The number of methoxy groups -OCH3 is 1. The molecule has 138 valence electrons. The number of ether oxygens (including phenoxy) is 1. The molecule has 25 heavy (non-hydrogen) atoms. The predicted molar refractivity (Wildman–Crippen MR) is 93.8 cm³/mol. The van der Waals surface area contributed by atoms with Crippen molar-refractivity contribution in [3.8, 4) is 5.75 Å². The molecule has 3 rings (SSSR count). The summed E-state index contributed by atoms with van der Waals surface area (Å²) in [6, 6.07) is 4.51. The van der Waals surface area contributed by atoms with Gasteiger partial charge < -0.3 is 4.74 Å². The standard InChI is InChI=1S/C17H25N3O4S/c1-24-15-9-8-13(17(21)20-11-5-4-10-18-20)12-16(15)25(22,23)19-14-6-2-3-7-14/h8-9,12,14,18-19H,2-7,10-11H2,1H3. The van der Waals surface area contributed by atoms with E-state index in [1.165, 1.54) is 13.2 Å². The molecular formula is C17H25N3O4S. The highest BCUT2D eigenvalue weighted by molar-refractivity contribution is 7.89. The van der Waals surface area contributed by atoms with E-state index in [0.29, 0.717) is 12.1 Å². The molecular weight excluding hydrogens is 342 g/mol. The number of sulfonamides is 1. The number of hydrogen-bond acceptors (Lipinski definition) is 5. The van der Waals surface area contributed by atoms with Gasteiger partial charge >= 0.3 is 0 Å². The Hall–Kier alpha value is -1.64. The summed E-state index contributed by atoms with van der Waals surface area (Å²) in [5.74, 6) is 0.0216. The van der Waals surface area contributed by atoms with Crippen LogP contribution >= 0.6 is 0 Å². The van der Waals surface area contributed by atoms with E-state index in [-0.39, 0.29) is 22.6 Å². The average molecular weight is 367 g/mol. The van der Waals surface area contributed by atoms with Crippen molar-refractivity contribution < 1.29 is 17.9 Å². The van der Waals surface area contributed by atoms with Crippen molar-refractivity contribution >= 4 is 15.9 Å². The molecule has 0 radical (unpaired) electrons. The number of nitrogens with one attached hydrogen (secondary N) is 2. The van der Waals surface area contributed by atoms with Gasteiger partial charge in [-0.1, -0.05) is 12.8 Å². The minimum atomic E-state index is -3.74. The number of hydrogen-bond donors (Lipinski definition) is 2. The Morgan fingerprint density at radius 2 is 2.00 bits per heavy atom. The van der Waals surface area contributed by atoms with Gasteiger partial charge in [-0.25, -0.2) is 18.6 Å². The van der Waals surface area contributed by atoms with Gasteiger partial charge in [0.1, 0.15) is 10.6 Å². The molecule has 0 unspecified atom stereocenters. The van der Waals surface area contributed by atoms with Crippen LogP contribution in [0.1, 0.15) is 48.9 Å². The molecule has 1 saturated carbocycles. The molecule has 0 atom stereocenters. The van der Waals surface area contributed by atoms with Gasteiger partial charge in [0, 0.05) is 24.7 Å². The first kappa shape index (κ1) is 18.2. The highest BCUT2D eigenvalue weighted by Crippen LogP contribution is 2.27. The minimum absolute atomic E-state index is 0.0183. The molecule has 1 amide bonds. The molecule has 1 aliphatic carbocycles. The maximum atomic E-state index is 12.8. The predicted octanol–water partition coefficient (Wildman–Crippen LogP) is 1.66. The number of hydrazine groups is 1. The van der Waals surface area contributed by atoms with Crippen LogP contribution in [0, 0.1) is 0 Å². The highest BCUT2D eigenvalue weighted by atomic mass is 32.2. The lowest BCUT2D eigenvalue weighted by molar-refractivity contribution is 0.0610. The summed E-state index contributed by atoms with van der Waals surface area (Å²) in [5, 5.41) is 1.55. The second-order valence-corrected chi connectivity index (χ2v) is 8.22. The van der Waals surface area contributed by atoms with Crippen molar-refractivity contribution in [3.63, 3.8) is 0 Å². The summed E-state index contributed by atoms with van der Waals surface area (Å²) in [4.78, 5) is 12.6. The fourth-order valence-corrected chi connectivity index (χ4v) is 4.86. The monoisotopic (exact) mass is 367 g/mol. The molecule has 0 spiro atoms. The average Bonchev–Trinajstić information content (AvgIpc) is 3.13. The lowest BCUT2D eigenvalue weighted by Gasteiger charge is -2.27. The number of amides is 1. The minimum Gasteiger partial charge on any atom is -0.495 e. The van der Waals surface area contributed by atoms with Gasteiger partial charge in [-0.2, -0.15) is 0 Å². The van der Waals surface area contributed by atoms with E-state index < -0.39 is 10.0 Å². The Morgan fingerprint density at radius 3 is 2.64 bits per heavy atom. The lowest BCUT2D eigenvalue weighted by Crippen LogP contribution is -2.47. The lowest BCUT2D eigenvalue weighted by atomic mass is 10.2. The number of rotatable bonds is 5. The third-order valence-electron chi connectivity index (χ3n) is 4.73. The van der Waals surface area contributed by atoms with Gasteiger partial charge in [-0.15, -0.1) is 0 Å². The van der Waals surface area contributed by atoms with Crippen LogP contribution in [0.2, 0.25) is 0 Å². The van der Waals surface area contributed by atoms with Gasteiger partial charge in [-0.3, -0.25) is 9.80 Å². The topological polar surface area (TPSA) is 87.7 Å². The third kappa shape index (κ3) is 4.13. The molecule has 7 nitrogen and oxygen atoms in total. The molecule has 2 N–H and O–H groups in total. The van der Waals surface area contributed by atoms with Crippen molar-refractivity contribution in [3.05, 3.63) is 23.8 Å². The van der Waals surface area contributed by atoms with Crippen molar-refractivity contribution in [2.75, 3.05) is 20.2 Å². The van der Waals surface area contributed by atoms with Crippen LogP contribution < -0.4 is 14.9 Å². The summed E-state index contributed by atoms with van der Waals surface area (Å²) in [6.45, 7) is 1.36.